The Morgan fingerprint density at radius 2 is 1.61 bits per heavy atom. The normalized spacial score (nSPS) is 13.9. The van der Waals surface area contributed by atoms with Gasteiger partial charge in [-0.25, -0.2) is 4.79 Å². The summed E-state index contributed by atoms with van der Waals surface area (Å²) in [6.07, 6.45) is -0.145. The summed E-state index contributed by atoms with van der Waals surface area (Å²) in [6, 6.07) is 11.6. The number of benzene rings is 2. The molecule has 1 unspecified atom stereocenters. The Kier molecular flexibility index (Phi) is 6.53. The molecular weight excluding hydrogens is 396 g/mol. The molecule has 0 aromatic heterocycles. The number of hydrogen-bond acceptors (Lipinski definition) is 5. The molecule has 3 rings (SSSR count). The van der Waals surface area contributed by atoms with Crippen LogP contribution in [0, 0.1) is 5.92 Å². The highest BCUT2D eigenvalue weighted by molar-refractivity contribution is 6.22. The smallest absolute Gasteiger partial charge is 0.338 e. The van der Waals surface area contributed by atoms with Gasteiger partial charge < -0.3 is 10.1 Å². The second-order valence-electron chi connectivity index (χ2n) is 7.96. The molecule has 0 aliphatic carbocycles. The van der Waals surface area contributed by atoms with Gasteiger partial charge in [0.25, 0.3) is 17.7 Å². The third-order valence-electron chi connectivity index (χ3n) is 5.04. The molecule has 162 valence electrons. The summed E-state index contributed by atoms with van der Waals surface area (Å²) < 4.78 is 5.27. The molecule has 31 heavy (non-hydrogen) atoms. The Morgan fingerprint density at radius 1 is 0.968 bits per heavy atom. The van der Waals surface area contributed by atoms with E-state index < -0.39 is 23.9 Å². The quantitative estimate of drug-likeness (QED) is 0.543. The molecule has 1 aliphatic heterocycles. The summed E-state index contributed by atoms with van der Waals surface area (Å²) in [5.74, 6) is -1.87. The van der Waals surface area contributed by atoms with Crippen LogP contribution in [0.25, 0.3) is 0 Å². The van der Waals surface area contributed by atoms with Crippen molar-refractivity contribution in [2.24, 2.45) is 5.92 Å². The number of amides is 3. The fourth-order valence-corrected chi connectivity index (χ4v) is 3.30. The van der Waals surface area contributed by atoms with Crippen molar-refractivity contribution in [1.29, 1.82) is 0 Å². The Labute approximate surface area is 181 Å². The van der Waals surface area contributed by atoms with E-state index in [1.54, 1.807) is 12.1 Å². The largest absolute Gasteiger partial charge is 0.449 e. The van der Waals surface area contributed by atoms with Gasteiger partial charge in [-0.15, -0.1) is 0 Å². The predicted octanol–water partition coefficient (Wildman–Crippen LogP) is 3.69. The van der Waals surface area contributed by atoms with Gasteiger partial charge in [0.2, 0.25) is 0 Å². The van der Waals surface area contributed by atoms with Gasteiger partial charge in [-0.1, -0.05) is 32.9 Å². The molecule has 2 aromatic carbocycles. The van der Waals surface area contributed by atoms with Gasteiger partial charge in [0.05, 0.1) is 16.7 Å². The number of esters is 1. The molecule has 1 heterocycles. The summed E-state index contributed by atoms with van der Waals surface area (Å²) in [6.45, 7) is 7.65. The maximum absolute atomic E-state index is 12.6. The summed E-state index contributed by atoms with van der Waals surface area (Å²) in [7, 11) is 0. The molecule has 1 atom stereocenters. The Bertz CT molecular complexity index is 1030. The average molecular weight is 422 g/mol. The zero-order chi connectivity index (χ0) is 22.7. The molecule has 1 aliphatic rings. The van der Waals surface area contributed by atoms with Gasteiger partial charge in [0, 0.05) is 12.2 Å². The predicted molar refractivity (Wildman–Crippen MR) is 116 cm³/mol. The van der Waals surface area contributed by atoms with Crippen LogP contribution in [0.1, 0.15) is 64.3 Å². The second-order valence-corrected chi connectivity index (χ2v) is 7.96. The third-order valence-corrected chi connectivity index (χ3v) is 5.04. The van der Waals surface area contributed by atoms with E-state index in [-0.39, 0.29) is 28.5 Å². The summed E-state index contributed by atoms with van der Waals surface area (Å²) >= 11 is 0. The minimum absolute atomic E-state index is 0.109. The number of fused-ring (bicyclic) bond motifs is 1. The first-order chi connectivity index (χ1) is 14.7. The summed E-state index contributed by atoms with van der Waals surface area (Å²) in [5.41, 5.74) is 2.31. The molecule has 7 heteroatoms. The monoisotopic (exact) mass is 422 g/mol. The fourth-order valence-electron chi connectivity index (χ4n) is 3.30. The van der Waals surface area contributed by atoms with E-state index in [0.29, 0.717) is 12.2 Å². The zero-order valence-corrected chi connectivity index (χ0v) is 18.1. The second kappa shape index (κ2) is 9.12. The van der Waals surface area contributed by atoms with Crippen LogP contribution < -0.4 is 5.32 Å². The lowest BCUT2D eigenvalue weighted by Gasteiger charge is -2.15. The van der Waals surface area contributed by atoms with Gasteiger partial charge in [0.15, 0.2) is 6.10 Å². The van der Waals surface area contributed by atoms with Gasteiger partial charge in [-0.2, -0.15) is 0 Å². The van der Waals surface area contributed by atoms with Crippen LogP contribution in [0.3, 0.4) is 0 Å². The van der Waals surface area contributed by atoms with Gasteiger partial charge in [-0.3, -0.25) is 19.3 Å². The van der Waals surface area contributed by atoms with Crippen LogP contribution in [0.2, 0.25) is 0 Å². The molecule has 0 bridgehead atoms. The van der Waals surface area contributed by atoms with Crippen molar-refractivity contribution in [3.05, 3.63) is 64.7 Å². The number of nitrogens with one attached hydrogen (secondary N) is 1. The highest BCUT2D eigenvalue weighted by Gasteiger charge is 2.36. The third kappa shape index (κ3) is 4.82. The topological polar surface area (TPSA) is 92.8 Å². The van der Waals surface area contributed by atoms with Crippen molar-refractivity contribution in [1.82, 2.24) is 4.90 Å². The van der Waals surface area contributed by atoms with Crippen molar-refractivity contribution >= 4 is 29.4 Å². The van der Waals surface area contributed by atoms with E-state index in [2.05, 4.69) is 5.32 Å². The van der Waals surface area contributed by atoms with E-state index in [4.69, 9.17) is 4.74 Å². The SMILES string of the molecule is CCc1ccc(NC(=O)C(C)OC(=O)c2ccc3c(c2)C(=O)N(CC(C)C)C3=O)cc1. The number of carbonyl (C=O) groups excluding carboxylic acids is 4. The molecule has 0 spiro atoms. The van der Waals surface area contributed by atoms with Crippen LogP contribution in [-0.4, -0.2) is 41.2 Å². The molecule has 7 nitrogen and oxygen atoms in total. The van der Waals surface area contributed by atoms with E-state index >= 15 is 0 Å². The highest BCUT2D eigenvalue weighted by atomic mass is 16.5. The number of hydrogen-bond donors (Lipinski definition) is 1. The molecule has 0 saturated heterocycles. The van der Waals surface area contributed by atoms with E-state index in [9.17, 15) is 19.2 Å². The maximum atomic E-state index is 12.6. The fraction of sp³-hybridized carbons (Fsp3) is 0.333. The van der Waals surface area contributed by atoms with Crippen LogP contribution in [0.4, 0.5) is 5.69 Å². The number of imide groups is 1. The molecular formula is C24H26N2O5. The minimum atomic E-state index is -1.04. The number of rotatable bonds is 7. The Morgan fingerprint density at radius 3 is 2.23 bits per heavy atom. The molecule has 1 N–H and O–H groups in total. The van der Waals surface area contributed by atoms with E-state index in [0.717, 1.165) is 12.0 Å². The standard InChI is InChI=1S/C24H26N2O5/c1-5-16-6-9-18(10-7-16)25-21(27)15(4)31-24(30)17-8-11-19-20(12-17)23(29)26(22(19)28)13-14(2)3/h6-12,14-15H,5,13H2,1-4H3,(H,25,27). The van der Waals surface area contributed by atoms with Gasteiger partial charge in [0.1, 0.15) is 0 Å². The van der Waals surface area contributed by atoms with Gasteiger partial charge in [-0.05, 0) is 55.2 Å². The first-order valence-electron chi connectivity index (χ1n) is 10.3. The highest BCUT2D eigenvalue weighted by Crippen LogP contribution is 2.25. The zero-order valence-electron chi connectivity index (χ0n) is 18.1. The van der Waals surface area contributed by atoms with E-state index in [1.807, 2.05) is 32.9 Å². The molecule has 2 aromatic rings. The van der Waals surface area contributed by atoms with Crippen molar-refractivity contribution in [2.75, 3.05) is 11.9 Å². The number of anilines is 1. The molecule has 0 radical (unpaired) electrons. The summed E-state index contributed by atoms with van der Waals surface area (Å²) in [5, 5.41) is 2.71. The lowest BCUT2D eigenvalue weighted by Crippen LogP contribution is -2.33. The lowest BCUT2D eigenvalue weighted by molar-refractivity contribution is -0.123. The molecule has 3 amide bonds. The molecule has 0 fully saturated rings. The first kappa shape index (κ1) is 22.2. The van der Waals surface area contributed by atoms with Crippen molar-refractivity contribution < 1.29 is 23.9 Å². The lowest BCUT2D eigenvalue weighted by atomic mass is 10.1. The number of aryl methyl sites for hydroxylation is 1. The van der Waals surface area contributed by atoms with Crippen LogP contribution in [0.15, 0.2) is 42.5 Å². The van der Waals surface area contributed by atoms with Crippen LogP contribution in [-0.2, 0) is 16.0 Å². The van der Waals surface area contributed by atoms with Crippen molar-refractivity contribution in [3.8, 4) is 0 Å². The van der Waals surface area contributed by atoms with E-state index in [1.165, 1.54) is 30.0 Å². The first-order valence-corrected chi connectivity index (χ1v) is 10.3. The number of nitrogens with zero attached hydrogens (tertiary/aromatic N) is 1. The minimum Gasteiger partial charge on any atom is -0.449 e. The Balaban J connectivity index is 1.67. The van der Waals surface area contributed by atoms with Crippen molar-refractivity contribution in [3.63, 3.8) is 0 Å². The number of carbonyl (C=O) groups is 4. The molecule has 0 saturated carbocycles. The Hall–Kier alpha value is -3.48. The maximum Gasteiger partial charge on any atom is 0.338 e. The van der Waals surface area contributed by atoms with Crippen LogP contribution in [0.5, 0.6) is 0 Å². The van der Waals surface area contributed by atoms with Gasteiger partial charge >= 0.3 is 5.97 Å². The average Bonchev–Trinajstić information content (AvgIpc) is 2.98. The summed E-state index contributed by atoms with van der Waals surface area (Å²) in [4.78, 5) is 51.1. The number of ether oxygens (including phenoxy) is 1. The van der Waals surface area contributed by atoms with Crippen molar-refractivity contribution in [2.45, 2.75) is 40.2 Å². The van der Waals surface area contributed by atoms with Crippen LogP contribution >= 0.6 is 0 Å².